The average molecular weight is 302 g/mol. The fraction of sp³-hybridized carbons (Fsp3) is 0.529. The molecule has 1 aromatic carbocycles. The van der Waals surface area contributed by atoms with E-state index in [2.05, 4.69) is 5.16 Å². The summed E-state index contributed by atoms with van der Waals surface area (Å²) in [6, 6.07) is 7.66. The molecule has 0 saturated carbocycles. The quantitative estimate of drug-likeness (QED) is 0.862. The summed E-state index contributed by atoms with van der Waals surface area (Å²) < 4.78 is 5.16. The van der Waals surface area contributed by atoms with E-state index in [9.17, 15) is 4.79 Å². The van der Waals surface area contributed by atoms with Crippen LogP contribution in [0.15, 0.2) is 29.4 Å². The van der Waals surface area contributed by atoms with Crippen molar-refractivity contribution in [2.24, 2.45) is 5.16 Å². The number of methoxy groups -OCH3 is 1. The molecule has 5 nitrogen and oxygen atoms in total. The lowest BCUT2D eigenvalue weighted by atomic mass is 9.93. The molecule has 0 radical (unpaired) electrons. The van der Waals surface area contributed by atoms with Gasteiger partial charge in [0.1, 0.15) is 5.75 Å². The number of carbonyl (C=O) groups excluding carboxylic acids is 1. The topological polar surface area (TPSA) is 51.1 Å². The molecule has 118 valence electrons. The Kier molecular flexibility index (Phi) is 4.05. The van der Waals surface area contributed by atoms with Gasteiger partial charge in [0, 0.05) is 19.5 Å². The lowest BCUT2D eigenvalue weighted by Crippen LogP contribution is -2.49. The van der Waals surface area contributed by atoms with Crippen molar-refractivity contribution < 1.29 is 14.4 Å². The van der Waals surface area contributed by atoms with Crippen LogP contribution in [-0.4, -0.2) is 42.3 Å². The number of amides is 1. The van der Waals surface area contributed by atoms with E-state index in [1.807, 2.05) is 36.1 Å². The van der Waals surface area contributed by atoms with Crippen molar-refractivity contribution in [2.75, 3.05) is 20.2 Å². The number of rotatable bonds is 3. The van der Waals surface area contributed by atoms with E-state index >= 15 is 0 Å². The molecule has 1 aromatic rings. The van der Waals surface area contributed by atoms with Crippen LogP contribution in [0.3, 0.4) is 0 Å². The molecular formula is C17H22N2O3. The molecule has 1 saturated heterocycles. The van der Waals surface area contributed by atoms with E-state index < -0.39 is 5.60 Å². The zero-order chi connectivity index (χ0) is 15.6. The first kappa shape index (κ1) is 14.9. The maximum atomic E-state index is 12.7. The molecular weight excluding hydrogens is 280 g/mol. The number of carbonyl (C=O) groups is 1. The maximum absolute atomic E-state index is 12.7. The Labute approximate surface area is 130 Å². The van der Waals surface area contributed by atoms with Gasteiger partial charge in [0.15, 0.2) is 0 Å². The summed E-state index contributed by atoms with van der Waals surface area (Å²) in [5.74, 6) is 0.856. The number of hydrogen-bond acceptors (Lipinski definition) is 4. The summed E-state index contributed by atoms with van der Waals surface area (Å²) in [5.41, 5.74) is 0.915. The van der Waals surface area contributed by atoms with Crippen LogP contribution in [0.4, 0.5) is 0 Å². The van der Waals surface area contributed by atoms with E-state index in [4.69, 9.17) is 9.57 Å². The minimum atomic E-state index is -0.868. The highest BCUT2D eigenvalue weighted by Crippen LogP contribution is 2.30. The lowest BCUT2D eigenvalue weighted by molar-refractivity contribution is -0.154. The molecule has 2 heterocycles. The number of hydrogen-bond donors (Lipinski definition) is 0. The molecule has 0 aromatic heterocycles. The number of likely N-dealkylation sites (tertiary alicyclic amines) is 1. The third-order valence-corrected chi connectivity index (χ3v) is 4.38. The second-order valence-electron chi connectivity index (χ2n) is 6.12. The Hall–Kier alpha value is -2.04. The van der Waals surface area contributed by atoms with Gasteiger partial charge >= 0.3 is 0 Å². The van der Waals surface area contributed by atoms with Gasteiger partial charge in [-0.1, -0.05) is 5.16 Å². The largest absolute Gasteiger partial charge is 0.497 e. The molecule has 0 spiro atoms. The first-order chi connectivity index (χ1) is 10.6. The minimum Gasteiger partial charge on any atom is -0.497 e. The molecule has 0 N–H and O–H groups in total. The monoisotopic (exact) mass is 302 g/mol. The normalized spacial score (nSPS) is 24.6. The number of ether oxygens (including phenoxy) is 1. The molecule has 1 amide bonds. The maximum Gasteiger partial charge on any atom is 0.269 e. The summed E-state index contributed by atoms with van der Waals surface area (Å²) in [6.07, 6.45) is 3.87. The fourth-order valence-electron chi connectivity index (χ4n) is 3.02. The Bertz CT molecular complexity index is 576. The SMILES string of the molecule is COc1ccc(C2=NO[C@](C)(C(=O)N3CCCCC3)C2)cc1. The van der Waals surface area contributed by atoms with E-state index in [-0.39, 0.29) is 5.91 Å². The molecule has 0 bridgehead atoms. The minimum absolute atomic E-state index is 0.0551. The lowest BCUT2D eigenvalue weighted by Gasteiger charge is -2.32. The Morgan fingerprint density at radius 2 is 1.91 bits per heavy atom. The van der Waals surface area contributed by atoms with Crippen molar-refractivity contribution in [3.63, 3.8) is 0 Å². The summed E-state index contributed by atoms with van der Waals surface area (Å²) in [4.78, 5) is 20.2. The van der Waals surface area contributed by atoms with Gasteiger partial charge in [-0.3, -0.25) is 4.79 Å². The Morgan fingerprint density at radius 1 is 1.23 bits per heavy atom. The van der Waals surface area contributed by atoms with Gasteiger partial charge in [-0.25, -0.2) is 0 Å². The van der Waals surface area contributed by atoms with Gasteiger partial charge in [-0.15, -0.1) is 0 Å². The average Bonchev–Trinajstić information content (AvgIpc) is 2.98. The molecule has 3 rings (SSSR count). The van der Waals surface area contributed by atoms with E-state index in [1.54, 1.807) is 7.11 Å². The standard InChI is InChI=1S/C17H22N2O3/c1-17(16(20)19-10-4-3-5-11-19)12-15(18-22-17)13-6-8-14(21-2)9-7-13/h6-9H,3-5,10-12H2,1-2H3/t17-/m0/s1. The van der Waals surface area contributed by atoms with Crippen LogP contribution in [0.1, 0.15) is 38.2 Å². The highest BCUT2D eigenvalue weighted by Gasteiger charge is 2.44. The summed E-state index contributed by atoms with van der Waals surface area (Å²) in [6.45, 7) is 3.50. The van der Waals surface area contributed by atoms with Gasteiger partial charge in [0.25, 0.3) is 5.91 Å². The number of nitrogens with zero attached hydrogens (tertiary/aromatic N) is 2. The molecule has 1 fully saturated rings. The van der Waals surface area contributed by atoms with Crippen LogP contribution in [0.25, 0.3) is 0 Å². The number of oxime groups is 1. The Morgan fingerprint density at radius 3 is 2.55 bits per heavy atom. The number of piperidine rings is 1. The summed E-state index contributed by atoms with van der Waals surface area (Å²) >= 11 is 0. The van der Waals surface area contributed by atoms with Crippen LogP contribution >= 0.6 is 0 Å². The van der Waals surface area contributed by atoms with Crippen molar-refractivity contribution in [1.82, 2.24) is 4.90 Å². The van der Waals surface area contributed by atoms with Gasteiger partial charge in [0.2, 0.25) is 5.60 Å². The second kappa shape index (κ2) is 5.99. The first-order valence-corrected chi connectivity index (χ1v) is 7.81. The van der Waals surface area contributed by atoms with Crippen molar-refractivity contribution in [3.8, 4) is 5.75 Å². The third-order valence-electron chi connectivity index (χ3n) is 4.38. The zero-order valence-electron chi connectivity index (χ0n) is 13.2. The van der Waals surface area contributed by atoms with E-state index in [1.165, 1.54) is 6.42 Å². The smallest absolute Gasteiger partial charge is 0.269 e. The summed E-state index contributed by atoms with van der Waals surface area (Å²) in [7, 11) is 1.64. The fourth-order valence-corrected chi connectivity index (χ4v) is 3.02. The van der Waals surface area contributed by atoms with Crippen molar-refractivity contribution in [1.29, 1.82) is 0 Å². The van der Waals surface area contributed by atoms with Crippen molar-refractivity contribution in [2.45, 2.75) is 38.2 Å². The number of benzene rings is 1. The van der Waals surface area contributed by atoms with Crippen LogP contribution in [0.2, 0.25) is 0 Å². The predicted molar refractivity (Wildman–Crippen MR) is 84.1 cm³/mol. The van der Waals surface area contributed by atoms with Crippen LogP contribution in [-0.2, 0) is 9.63 Å². The molecule has 0 aliphatic carbocycles. The molecule has 1 atom stereocenters. The summed E-state index contributed by atoms with van der Waals surface area (Å²) in [5, 5.41) is 4.16. The van der Waals surface area contributed by atoms with Crippen LogP contribution in [0.5, 0.6) is 5.75 Å². The van der Waals surface area contributed by atoms with Crippen molar-refractivity contribution >= 4 is 11.6 Å². The third kappa shape index (κ3) is 2.80. The first-order valence-electron chi connectivity index (χ1n) is 7.81. The zero-order valence-corrected chi connectivity index (χ0v) is 13.2. The molecule has 2 aliphatic heterocycles. The second-order valence-corrected chi connectivity index (χ2v) is 6.12. The molecule has 0 unspecified atom stereocenters. The van der Waals surface area contributed by atoms with Crippen molar-refractivity contribution in [3.05, 3.63) is 29.8 Å². The van der Waals surface area contributed by atoms with E-state index in [0.717, 1.165) is 43.0 Å². The Balaban J connectivity index is 1.69. The van der Waals surface area contributed by atoms with Gasteiger partial charge < -0.3 is 14.5 Å². The highest BCUT2D eigenvalue weighted by atomic mass is 16.7. The molecule has 22 heavy (non-hydrogen) atoms. The van der Waals surface area contributed by atoms with Gasteiger partial charge in [-0.05, 0) is 56.0 Å². The predicted octanol–water partition coefficient (Wildman–Crippen LogP) is 2.59. The van der Waals surface area contributed by atoms with Gasteiger partial charge in [-0.2, -0.15) is 0 Å². The molecule has 5 heteroatoms. The highest BCUT2D eigenvalue weighted by molar-refractivity contribution is 6.05. The van der Waals surface area contributed by atoms with E-state index in [0.29, 0.717) is 6.42 Å². The molecule has 2 aliphatic rings. The van der Waals surface area contributed by atoms with Crippen LogP contribution in [0, 0.1) is 0 Å². The van der Waals surface area contributed by atoms with Gasteiger partial charge in [0.05, 0.1) is 12.8 Å². The van der Waals surface area contributed by atoms with Crippen LogP contribution < -0.4 is 4.74 Å².